The van der Waals surface area contributed by atoms with E-state index in [2.05, 4.69) is 25.9 Å². The van der Waals surface area contributed by atoms with Crippen molar-refractivity contribution in [3.8, 4) is 0 Å². The molecule has 272 valence electrons. The average molecular weight is 705 g/mol. The number of hydrogen-bond donors (Lipinski definition) is 6. The molecule has 0 radical (unpaired) electrons. The van der Waals surface area contributed by atoms with Gasteiger partial charge in [0.05, 0.1) is 20.1 Å². The quantitative estimate of drug-likeness (QED) is 0.110. The van der Waals surface area contributed by atoms with Crippen LogP contribution in [0.15, 0.2) is 54.6 Å². The summed E-state index contributed by atoms with van der Waals surface area (Å²) in [5.41, 5.74) is 14.6. The first-order valence-electron chi connectivity index (χ1n) is 16.4. The van der Waals surface area contributed by atoms with Crippen molar-refractivity contribution in [1.29, 1.82) is 0 Å². The lowest BCUT2D eigenvalue weighted by Gasteiger charge is -2.22. The third-order valence-electron chi connectivity index (χ3n) is 8.77. The van der Waals surface area contributed by atoms with Crippen LogP contribution in [-0.4, -0.2) is 91.2 Å². The fraction of sp³-hybridized carbons (Fsp3) is 0.400. The second-order valence-corrected chi connectivity index (χ2v) is 12.3. The van der Waals surface area contributed by atoms with Crippen molar-refractivity contribution in [2.45, 2.75) is 50.1 Å². The first-order chi connectivity index (χ1) is 24.4. The highest BCUT2D eigenvalue weighted by Gasteiger charge is 2.31. The molecule has 3 aromatic rings. The molecule has 1 aromatic heterocycles. The number of benzene rings is 2. The minimum atomic E-state index is -1.24. The monoisotopic (exact) mass is 704 g/mol. The Hall–Kier alpha value is -5.93. The van der Waals surface area contributed by atoms with Gasteiger partial charge in [-0.15, -0.1) is 0 Å². The van der Waals surface area contributed by atoms with Crippen LogP contribution in [0.5, 0.6) is 0 Å². The standard InChI is InChI=1S/C35H44N8O8/c1-43(16-15-22-19-38-30-28(22)29(36)41-35(37)42-30)24-11-9-21(10-12-24)31(45)40-25(33(48)50-2)13-14-27(44)39-26(34(49)51-3)18-23(32(46)47)17-20-7-5-4-6-8-20/h4-12,22-23,25-26H,13-19H2,1-3H3,(H,39,44)(H,40,45)(H,46,47)(H5,36,37,38,41,42)/t22?,23?,25-,26-/m0/s1. The highest BCUT2D eigenvalue weighted by molar-refractivity contribution is 5.97. The maximum atomic E-state index is 13.1. The van der Waals surface area contributed by atoms with Gasteiger partial charge in [0.15, 0.2) is 0 Å². The van der Waals surface area contributed by atoms with Crippen molar-refractivity contribution in [2.75, 3.05) is 56.0 Å². The number of nitrogens with two attached hydrogens (primary N) is 2. The van der Waals surface area contributed by atoms with Crippen molar-refractivity contribution in [3.05, 3.63) is 71.3 Å². The third kappa shape index (κ3) is 10.3. The zero-order chi connectivity index (χ0) is 37.1. The van der Waals surface area contributed by atoms with E-state index in [1.165, 1.54) is 0 Å². The predicted octanol–water partition coefficient (Wildman–Crippen LogP) is 1.72. The van der Waals surface area contributed by atoms with Gasteiger partial charge >= 0.3 is 17.9 Å². The summed E-state index contributed by atoms with van der Waals surface area (Å²) in [6.45, 7) is 1.34. The molecule has 0 saturated heterocycles. The van der Waals surface area contributed by atoms with E-state index in [9.17, 15) is 29.1 Å². The molecule has 1 aliphatic heterocycles. The fourth-order valence-corrected chi connectivity index (χ4v) is 5.94. The molecule has 2 unspecified atom stereocenters. The number of methoxy groups -OCH3 is 2. The van der Waals surface area contributed by atoms with Gasteiger partial charge < -0.3 is 46.9 Å². The van der Waals surface area contributed by atoms with E-state index in [0.29, 0.717) is 24.7 Å². The Morgan fingerprint density at radius 1 is 0.961 bits per heavy atom. The zero-order valence-corrected chi connectivity index (χ0v) is 28.8. The topological polar surface area (TPSA) is 241 Å². The van der Waals surface area contributed by atoms with Crippen molar-refractivity contribution < 1.29 is 38.6 Å². The van der Waals surface area contributed by atoms with E-state index in [1.54, 1.807) is 54.6 Å². The highest BCUT2D eigenvalue weighted by atomic mass is 16.5. The first-order valence-corrected chi connectivity index (χ1v) is 16.4. The number of nitrogen functional groups attached to an aromatic ring is 2. The van der Waals surface area contributed by atoms with Crippen LogP contribution in [0.25, 0.3) is 0 Å². The number of carboxylic acids is 1. The number of fused-ring (bicyclic) bond motifs is 1. The molecule has 0 fully saturated rings. The van der Waals surface area contributed by atoms with Crippen LogP contribution in [0.1, 0.15) is 53.1 Å². The van der Waals surface area contributed by atoms with Gasteiger partial charge in [-0.1, -0.05) is 30.3 Å². The molecule has 2 heterocycles. The molecular formula is C35H44N8O8. The van der Waals surface area contributed by atoms with Crippen molar-refractivity contribution in [1.82, 2.24) is 20.6 Å². The van der Waals surface area contributed by atoms with E-state index >= 15 is 0 Å². The normalized spacial score (nSPS) is 14.9. The highest BCUT2D eigenvalue weighted by Crippen LogP contribution is 2.36. The van der Waals surface area contributed by atoms with Crippen LogP contribution >= 0.6 is 0 Å². The zero-order valence-electron chi connectivity index (χ0n) is 28.8. The number of anilines is 4. The number of amides is 2. The molecule has 0 spiro atoms. The first kappa shape index (κ1) is 37.9. The molecule has 4 atom stereocenters. The van der Waals surface area contributed by atoms with Gasteiger partial charge in [-0.3, -0.25) is 14.4 Å². The van der Waals surface area contributed by atoms with Crippen LogP contribution in [0, 0.1) is 5.92 Å². The Morgan fingerprint density at radius 2 is 1.63 bits per heavy atom. The lowest BCUT2D eigenvalue weighted by atomic mass is 9.92. The Bertz CT molecular complexity index is 1710. The summed E-state index contributed by atoms with van der Waals surface area (Å²) in [5.74, 6) is -3.62. The van der Waals surface area contributed by atoms with Gasteiger partial charge in [0, 0.05) is 49.3 Å². The smallest absolute Gasteiger partial charge is 0.328 e. The summed E-state index contributed by atoms with van der Waals surface area (Å²) in [6.07, 6.45) is 0.267. The molecule has 51 heavy (non-hydrogen) atoms. The van der Waals surface area contributed by atoms with E-state index in [4.69, 9.17) is 20.9 Å². The summed E-state index contributed by atoms with van der Waals surface area (Å²) >= 11 is 0. The number of carboxylic acid groups (broad SMARTS) is 1. The van der Waals surface area contributed by atoms with Crippen LogP contribution < -0.4 is 32.3 Å². The van der Waals surface area contributed by atoms with Gasteiger partial charge in [-0.2, -0.15) is 9.97 Å². The molecule has 4 rings (SSSR count). The second kappa shape index (κ2) is 17.6. The van der Waals surface area contributed by atoms with Crippen LogP contribution in [0.2, 0.25) is 0 Å². The van der Waals surface area contributed by atoms with Gasteiger partial charge in [0.25, 0.3) is 5.91 Å². The molecule has 0 aliphatic carbocycles. The van der Waals surface area contributed by atoms with Gasteiger partial charge in [-0.25, -0.2) is 9.59 Å². The summed E-state index contributed by atoms with van der Waals surface area (Å²) in [6, 6.07) is 13.3. The summed E-state index contributed by atoms with van der Waals surface area (Å²) < 4.78 is 9.66. The minimum absolute atomic E-state index is 0.109. The summed E-state index contributed by atoms with van der Waals surface area (Å²) in [5, 5.41) is 18.2. The van der Waals surface area contributed by atoms with Crippen molar-refractivity contribution in [3.63, 3.8) is 0 Å². The molecule has 2 aromatic carbocycles. The number of ether oxygens (including phenoxy) is 2. The number of nitrogens with zero attached hydrogens (tertiary/aromatic N) is 3. The number of esters is 2. The number of aromatic nitrogens is 2. The van der Waals surface area contributed by atoms with Crippen molar-refractivity contribution >= 4 is 53.0 Å². The molecule has 1 aliphatic rings. The third-order valence-corrected chi connectivity index (χ3v) is 8.77. The molecule has 2 amide bonds. The Kier molecular flexibility index (Phi) is 13.1. The Balaban J connectivity index is 1.31. The van der Waals surface area contributed by atoms with Crippen LogP contribution in [0.4, 0.5) is 23.3 Å². The predicted molar refractivity (Wildman–Crippen MR) is 189 cm³/mol. The van der Waals surface area contributed by atoms with Gasteiger partial charge in [0.2, 0.25) is 11.9 Å². The molecule has 0 saturated carbocycles. The molecule has 16 heteroatoms. The molecule has 16 nitrogen and oxygen atoms in total. The molecule has 0 bridgehead atoms. The van der Waals surface area contributed by atoms with Crippen LogP contribution in [-0.2, 0) is 35.1 Å². The van der Waals surface area contributed by atoms with E-state index in [-0.39, 0.29) is 43.1 Å². The van der Waals surface area contributed by atoms with Crippen LogP contribution in [0.3, 0.4) is 0 Å². The Labute approximate surface area is 295 Å². The lowest BCUT2D eigenvalue weighted by molar-refractivity contribution is -0.148. The SMILES string of the molecule is COC(=O)[C@H](CC(Cc1ccccc1)C(=O)O)NC(=O)CC[C@H](NC(=O)c1ccc(N(C)CCC2CNc3nc(N)nc(N)c32)cc1)C(=O)OC. The summed E-state index contributed by atoms with van der Waals surface area (Å²) in [4.78, 5) is 73.4. The molecular weight excluding hydrogens is 660 g/mol. The second-order valence-electron chi connectivity index (χ2n) is 12.3. The number of hydrogen-bond acceptors (Lipinski definition) is 13. The van der Waals surface area contributed by atoms with Gasteiger partial charge in [0.1, 0.15) is 23.7 Å². The maximum Gasteiger partial charge on any atom is 0.328 e. The number of nitrogens with one attached hydrogen (secondary N) is 3. The van der Waals surface area contributed by atoms with E-state index < -0.39 is 47.7 Å². The van der Waals surface area contributed by atoms with E-state index in [1.807, 2.05) is 11.9 Å². The van der Waals surface area contributed by atoms with Crippen molar-refractivity contribution in [2.24, 2.45) is 5.92 Å². The average Bonchev–Trinajstić information content (AvgIpc) is 3.54. The lowest BCUT2D eigenvalue weighted by Crippen LogP contribution is -2.45. The largest absolute Gasteiger partial charge is 0.481 e. The number of aliphatic carboxylic acids is 1. The number of carbonyl (C=O) groups excluding carboxylic acids is 4. The van der Waals surface area contributed by atoms with Gasteiger partial charge in [-0.05, 0) is 55.5 Å². The Morgan fingerprint density at radius 3 is 2.27 bits per heavy atom. The number of carbonyl (C=O) groups is 5. The summed E-state index contributed by atoms with van der Waals surface area (Å²) in [7, 11) is 4.23. The minimum Gasteiger partial charge on any atom is -0.481 e. The van der Waals surface area contributed by atoms with E-state index in [0.717, 1.165) is 37.5 Å². The fourth-order valence-electron chi connectivity index (χ4n) is 5.94. The maximum absolute atomic E-state index is 13.1. The molecule has 8 N–H and O–H groups in total. The number of rotatable bonds is 17.